The monoisotopic (exact) mass is 356 g/mol. The number of hydrogen-bond donors (Lipinski definition) is 0. The first kappa shape index (κ1) is 19.3. The zero-order chi connectivity index (χ0) is 18.9. The Morgan fingerprint density at radius 3 is 1.96 bits per heavy atom. The van der Waals surface area contributed by atoms with Crippen molar-refractivity contribution in [2.24, 2.45) is 0 Å². The van der Waals surface area contributed by atoms with Crippen molar-refractivity contribution in [1.82, 2.24) is 0 Å². The van der Waals surface area contributed by atoms with Gasteiger partial charge in [-0.1, -0.05) is 66.7 Å². The summed E-state index contributed by atoms with van der Waals surface area (Å²) in [5.74, 6) is -0.934. The van der Waals surface area contributed by atoms with E-state index in [2.05, 4.69) is 6.58 Å². The molecule has 0 saturated heterocycles. The molecule has 136 valence electrons. The summed E-state index contributed by atoms with van der Waals surface area (Å²) in [5, 5.41) is 23.2. The van der Waals surface area contributed by atoms with Gasteiger partial charge >= 0.3 is 0 Å². The molecule has 26 heavy (non-hydrogen) atoms. The molecule has 7 heteroatoms. The molecular weight excluding hydrogens is 336 g/mol. The first-order valence-electron chi connectivity index (χ1n) is 8.12. The molecule has 0 heterocycles. The van der Waals surface area contributed by atoms with Gasteiger partial charge in [-0.25, -0.2) is 0 Å². The minimum atomic E-state index is -1.31. The minimum Gasteiger partial charge on any atom is -0.362 e. The summed E-state index contributed by atoms with van der Waals surface area (Å²) in [6, 6.07) is 15.9. The highest BCUT2D eigenvalue weighted by atomic mass is 16.6. The molecule has 0 aromatic heterocycles. The van der Waals surface area contributed by atoms with Gasteiger partial charge in [0, 0.05) is 9.85 Å². The van der Waals surface area contributed by atoms with Crippen LogP contribution in [0.4, 0.5) is 0 Å². The zero-order valence-corrected chi connectivity index (χ0v) is 14.1. The topological polar surface area (TPSA) is 95.5 Å². The predicted molar refractivity (Wildman–Crippen MR) is 97.2 cm³/mol. The van der Waals surface area contributed by atoms with E-state index in [1.54, 1.807) is 60.7 Å². The van der Waals surface area contributed by atoms with Crippen LogP contribution in [0.2, 0.25) is 0 Å². The Hall–Kier alpha value is -3.06. The quantitative estimate of drug-likeness (QED) is 0.368. The van der Waals surface area contributed by atoms with Crippen LogP contribution < -0.4 is 0 Å². The highest BCUT2D eigenvalue weighted by Gasteiger charge is 2.44. The molecule has 7 nitrogen and oxygen atoms in total. The Balaban J connectivity index is 2.50. The summed E-state index contributed by atoms with van der Waals surface area (Å²) in [6.07, 6.45) is 0.562. The molecule has 3 atom stereocenters. The molecule has 3 unspecified atom stereocenters. The first-order valence-corrected chi connectivity index (χ1v) is 8.12. The molecule has 2 aromatic carbocycles. The second-order valence-electron chi connectivity index (χ2n) is 5.76. The second-order valence-corrected chi connectivity index (χ2v) is 5.76. The third kappa shape index (κ3) is 4.97. The highest BCUT2D eigenvalue weighted by molar-refractivity contribution is 5.25. The maximum atomic E-state index is 12.0. The van der Waals surface area contributed by atoms with E-state index in [9.17, 15) is 20.2 Å². The van der Waals surface area contributed by atoms with Crippen molar-refractivity contribution in [3.8, 4) is 0 Å². The van der Waals surface area contributed by atoms with Gasteiger partial charge in [-0.3, -0.25) is 20.2 Å². The van der Waals surface area contributed by atoms with Gasteiger partial charge in [-0.15, -0.1) is 6.58 Å². The van der Waals surface area contributed by atoms with Crippen LogP contribution in [0.5, 0.6) is 0 Å². The van der Waals surface area contributed by atoms with E-state index in [4.69, 9.17) is 4.74 Å². The summed E-state index contributed by atoms with van der Waals surface area (Å²) in [4.78, 5) is 22.2. The molecule has 0 spiro atoms. The molecule has 0 aliphatic carbocycles. The summed E-state index contributed by atoms with van der Waals surface area (Å²) < 4.78 is 5.70. The molecule has 2 rings (SSSR count). The van der Waals surface area contributed by atoms with E-state index in [1.165, 1.54) is 6.08 Å². The standard InChI is InChI=1S/C19H20N2O5/c1-2-13-26-19(16-11-7-4-8-12-16)18(21(24)25)17(14-20(22)23)15-9-5-3-6-10-15/h2-12,17-19H,1,13-14H2. The molecule has 0 amide bonds. The third-order valence-electron chi connectivity index (χ3n) is 4.06. The first-order chi connectivity index (χ1) is 12.5. The van der Waals surface area contributed by atoms with Crippen LogP contribution in [0.3, 0.4) is 0 Å². The lowest BCUT2D eigenvalue weighted by Gasteiger charge is -2.26. The molecule has 0 N–H and O–H groups in total. The fourth-order valence-corrected chi connectivity index (χ4v) is 2.95. The SMILES string of the molecule is C=CCOC(c1ccccc1)C(C(C[N+](=O)[O-])c1ccccc1)[N+](=O)[O-]. The van der Waals surface area contributed by atoms with Gasteiger partial charge in [0.05, 0.1) is 6.61 Å². The van der Waals surface area contributed by atoms with Crippen molar-refractivity contribution in [1.29, 1.82) is 0 Å². The lowest BCUT2D eigenvalue weighted by atomic mass is 9.86. The molecular formula is C19H20N2O5. The van der Waals surface area contributed by atoms with Crippen LogP contribution in [-0.4, -0.2) is 29.0 Å². The number of nitrogens with zero attached hydrogens (tertiary/aromatic N) is 2. The van der Waals surface area contributed by atoms with E-state index in [-0.39, 0.29) is 6.61 Å². The maximum absolute atomic E-state index is 12.0. The molecule has 2 aromatic rings. The van der Waals surface area contributed by atoms with E-state index in [1.807, 2.05) is 0 Å². The van der Waals surface area contributed by atoms with Gasteiger partial charge < -0.3 is 4.74 Å². The van der Waals surface area contributed by atoms with Crippen molar-refractivity contribution in [3.63, 3.8) is 0 Å². The highest BCUT2D eigenvalue weighted by Crippen LogP contribution is 2.33. The average molecular weight is 356 g/mol. The number of benzene rings is 2. The van der Waals surface area contributed by atoms with Crippen molar-refractivity contribution < 1.29 is 14.6 Å². The normalized spacial score (nSPS) is 14.2. The molecule has 0 aliphatic heterocycles. The van der Waals surface area contributed by atoms with E-state index >= 15 is 0 Å². The summed E-state index contributed by atoms with van der Waals surface area (Å²) >= 11 is 0. The van der Waals surface area contributed by atoms with E-state index in [0.717, 1.165) is 0 Å². The van der Waals surface area contributed by atoms with Crippen LogP contribution >= 0.6 is 0 Å². The second kappa shape index (κ2) is 9.43. The van der Waals surface area contributed by atoms with Gasteiger partial charge in [0.25, 0.3) is 6.04 Å². The summed E-state index contributed by atoms with van der Waals surface area (Å²) in [7, 11) is 0. The Kier molecular flexibility index (Phi) is 6.99. The van der Waals surface area contributed by atoms with Crippen LogP contribution in [0.1, 0.15) is 23.1 Å². The fraction of sp³-hybridized carbons (Fsp3) is 0.263. The fourth-order valence-electron chi connectivity index (χ4n) is 2.95. The lowest BCUT2D eigenvalue weighted by Crippen LogP contribution is -2.38. The van der Waals surface area contributed by atoms with E-state index < -0.39 is 34.5 Å². The van der Waals surface area contributed by atoms with Gasteiger partial charge in [0.2, 0.25) is 6.54 Å². The van der Waals surface area contributed by atoms with Crippen LogP contribution in [0.25, 0.3) is 0 Å². The zero-order valence-electron chi connectivity index (χ0n) is 14.1. The molecule has 0 radical (unpaired) electrons. The molecule has 0 saturated carbocycles. The van der Waals surface area contributed by atoms with Gasteiger partial charge in [-0.05, 0) is 11.1 Å². The summed E-state index contributed by atoms with van der Waals surface area (Å²) in [5.41, 5.74) is 1.13. The molecule has 0 aliphatic rings. The van der Waals surface area contributed by atoms with Crippen LogP contribution in [0, 0.1) is 20.2 Å². The Morgan fingerprint density at radius 1 is 0.962 bits per heavy atom. The summed E-state index contributed by atoms with van der Waals surface area (Å²) in [6.45, 7) is 3.12. The minimum absolute atomic E-state index is 0.101. The number of ether oxygens (including phenoxy) is 1. The van der Waals surface area contributed by atoms with Gasteiger partial charge in [0.15, 0.2) is 6.10 Å². The van der Waals surface area contributed by atoms with Crippen molar-refractivity contribution in [2.45, 2.75) is 18.1 Å². The average Bonchev–Trinajstić information content (AvgIpc) is 2.64. The van der Waals surface area contributed by atoms with Gasteiger partial charge in [0.1, 0.15) is 5.92 Å². The molecule has 0 fully saturated rings. The van der Waals surface area contributed by atoms with Gasteiger partial charge in [-0.2, -0.15) is 0 Å². The number of nitro groups is 2. The smallest absolute Gasteiger partial charge is 0.256 e. The Labute approximate surface area is 151 Å². The van der Waals surface area contributed by atoms with E-state index in [0.29, 0.717) is 11.1 Å². The number of hydrogen-bond acceptors (Lipinski definition) is 5. The Morgan fingerprint density at radius 2 is 1.50 bits per heavy atom. The predicted octanol–water partition coefficient (Wildman–Crippen LogP) is 3.64. The van der Waals surface area contributed by atoms with Crippen molar-refractivity contribution in [3.05, 3.63) is 105 Å². The van der Waals surface area contributed by atoms with Crippen molar-refractivity contribution in [2.75, 3.05) is 13.2 Å². The largest absolute Gasteiger partial charge is 0.362 e. The molecule has 0 bridgehead atoms. The van der Waals surface area contributed by atoms with Crippen LogP contribution in [0.15, 0.2) is 73.3 Å². The number of rotatable bonds is 10. The third-order valence-corrected chi connectivity index (χ3v) is 4.06. The maximum Gasteiger partial charge on any atom is 0.256 e. The Bertz CT molecular complexity index is 736. The van der Waals surface area contributed by atoms with Crippen molar-refractivity contribution >= 4 is 0 Å². The van der Waals surface area contributed by atoms with Crippen LogP contribution in [-0.2, 0) is 4.74 Å². The lowest BCUT2D eigenvalue weighted by molar-refractivity contribution is -0.558.